The van der Waals surface area contributed by atoms with Crippen molar-refractivity contribution < 1.29 is 9.59 Å². The number of rotatable bonds is 1. The lowest BCUT2D eigenvalue weighted by molar-refractivity contribution is -0.123. The summed E-state index contributed by atoms with van der Waals surface area (Å²) >= 11 is 5.88. The molecule has 0 aliphatic carbocycles. The quantitative estimate of drug-likeness (QED) is 0.771. The molecule has 1 aromatic carbocycles. The van der Waals surface area contributed by atoms with Crippen LogP contribution in [0.15, 0.2) is 29.4 Å². The molecule has 4 nitrogen and oxygen atoms in total. The fourth-order valence-corrected chi connectivity index (χ4v) is 2.36. The minimum Gasteiger partial charge on any atom is -0.361 e. The highest BCUT2D eigenvalue weighted by molar-refractivity contribution is 6.55. The number of aromatic amines is 1. The predicted molar refractivity (Wildman–Crippen MR) is 69.0 cm³/mol. The summed E-state index contributed by atoms with van der Waals surface area (Å²) in [5, 5.41) is 3.00. The van der Waals surface area contributed by atoms with Gasteiger partial charge >= 0.3 is 0 Å². The van der Waals surface area contributed by atoms with Crippen molar-refractivity contribution in [2.24, 2.45) is 0 Å². The topological polar surface area (TPSA) is 62.0 Å². The normalized spacial score (nSPS) is 15.7. The first-order chi connectivity index (χ1) is 8.58. The number of benzene rings is 1. The molecule has 2 heterocycles. The van der Waals surface area contributed by atoms with Crippen molar-refractivity contribution in [2.75, 3.05) is 0 Å². The molecule has 0 saturated heterocycles. The van der Waals surface area contributed by atoms with Crippen LogP contribution in [0.25, 0.3) is 16.5 Å². The van der Waals surface area contributed by atoms with E-state index in [2.05, 4.69) is 10.3 Å². The molecule has 2 N–H and O–H groups in total. The van der Waals surface area contributed by atoms with Gasteiger partial charge in [0.1, 0.15) is 5.03 Å². The molecule has 18 heavy (non-hydrogen) atoms. The SMILES string of the molecule is Cc1ccc2c(C3=C(Cl)C(=O)NC3=O)c[nH]c2c1. The Bertz CT molecular complexity index is 728. The molecule has 0 fully saturated rings. The smallest absolute Gasteiger partial charge is 0.270 e. The van der Waals surface area contributed by atoms with Gasteiger partial charge in [-0.25, -0.2) is 0 Å². The Morgan fingerprint density at radius 2 is 1.94 bits per heavy atom. The number of imide groups is 1. The van der Waals surface area contributed by atoms with Crippen LogP contribution >= 0.6 is 11.6 Å². The summed E-state index contributed by atoms with van der Waals surface area (Å²) < 4.78 is 0. The van der Waals surface area contributed by atoms with E-state index in [0.717, 1.165) is 16.5 Å². The van der Waals surface area contributed by atoms with Crippen LogP contribution in [0.2, 0.25) is 0 Å². The average molecular weight is 261 g/mol. The second-order valence-corrected chi connectivity index (χ2v) is 4.60. The summed E-state index contributed by atoms with van der Waals surface area (Å²) in [5.74, 6) is -0.996. The van der Waals surface area contributed by atoms with Crippen molar-refractivity contribution in [3.05, 3.63) is 40.6 Å². The highest BCUT2D eigenvalue weighted by Gasteiger charge is 2.31. The van der Waals surface area contributed by atoms with E-state index < -0.39 is 11.8 Å². The molecule has 0 bridgehead atoms. The lowest BCUT2D eigenvalue weighted by Crippen LogP contribution is -2.22. The number of nitrogens with one attached hydrogen (secondary N) is 2. The number of carbonyl (C=O) groups excluding carboxylic acids is 2. The molecule has 0 atom stereocenters. The van der Waals surface area contributed by atoms with Gasteiger partial charge in [0, 0.05) is 22.7 Å². The summed E-state index contributed by atoms with van der Waals surface area (Å²) in [6, 6.07) is 5.83. The van der Waals surface area contributed by atoms with E-state index in [1.54, 1.807) is 6.20 Å². The minimum absolute atomic E-state index is 0.0542. The van der Waals surface area contributed by atoms with E-state index in [4.69, 9.17) is 11.6 Å². The molecule has 3 rings (SSSR count). The first-order valence-electron chi connectivity index (χ1n) is 5.41. The first kappa shape index (κ1) is 11.0. The maximum atomic E-state index is 11.7. The van der Waals surface area contributed by atoms with Gasteiger partial charge in [0.25, 0.3) is 11.8 Å². The van der Waals surface area contributed by atoms with Gasteiger partial charge in [0.15, 0.2) is 0 Å². The Balaban J connectivity index is 2.28. The molecule has 90 valence electrons. The van der Waals surface area contributed by atoms with Crippen LogP contribution in [0.4, 0.5) is 0 Å². The van der Waals surface area contributed by atoms with E-state index in [9.17, 15) is 9.59 Å². The van der Waals surface area contributed by atoms with Gasteiger partial charge in [0.05, 0.1) is 5.57 Å². The van der Waals surface area contributed by atoms with Crippen molar-refractivity contribution in [1.29, 1.82) is 0 Å². The Morgan fingerprint density at radius 3 is 2.61 bits per heavy atom. The number of amides is 2. The van der Waals surface area contributed by atoms with E-state index in [-0.39, 0.29) is 10.6 Å². The van der Waals surface area contributed by atoms with Crippen molar-refractivity contribution in [1.82, 2.24) is 10.3 Å². The summed E-state index contributed by atoms with van der Waals surface area (Å²) in [6.45, 7) is 1.98. The van der Waals surface area contributed by atoms with Gasteiger partial charge in [-0.2, -0.15) is 0 Å². The molecule has 5 heteroatoms. The minimum atomic E-state index is -0.543. The van der Waals surface area contributed by atoms with Gasteiger partial charge in [-0.3, -0.25) is 14.9 Å². The number of aromatic nitrogens is 1. The van der Waals surface area contributed by atoms with Gasteiger partial charge in [-0.15, -0.1) is 0 Å². The second kappa shape index (κ2) is 3.71. The number of carbonyl (C=O) groups is 2. The molecule has 0 spiro atoms. The summed E-state index contributed by atoms with van der Waals surface area (Å²) in [7, 11) is 0. The molecule has 1 aromatic heterocycles. The maximum absolute atomic E-state index is 11.7. The fraction of sp³-hybridized carbons (Fsp3) is 0.0769. The van der Waals surface area contributed by atoms with E-state index in [1.807, 2.05) is 25.1 Å². The van der Waals surface area contributed by atoms with Crippen LogP contribution in [0, 0.1) is 6.92 Å². The third-order valence-corrected chi connectivity index (χ3v) is 3.34. The molecule has 1 aliphatic heterocycles. The Kier molecular flexibility index (Phi) is 2.28. The largest absolute Gasteiger partial charge is 0.361 e. The van der Waals surface area contributed by atoms with Crippen LogP contribution in [-0.4, -0.2) is 16.8 Å². The maximum Gasteiger partial charge on any atom is 0.270 e. The molecule has 2 aromatic rings. The number of H-pyrrole nitrogens is 1. The zero-order chi connectivity index (χ0) is 12.9. The fourth-order valence-electron chi connectivity index (χ4n) is 2.12. The van der Waals surface area contributed by atoms with Crippen LogP contribution in [0.1, 0.15) is 11.1 Å². The molecule has 2 amide bonds. The summed E-state index contributed by atoms with van der Waals surface area (Å²) in [5.41, 5.74) is 2.91. The van der Waals surface area contributed by atoms with Crippen molar-refractivity contribution >= 4 is 39.9 Å². The summed E-state index contributed by atoms with van der Waals surface area (Å²) in [4.78, 5) is 26.1. The number of aryl methyl sites for hydroxylation is 1. The van der Waals surface area contributed by atoms with Crippen molar-refractivity contribution in [3.63, 3.8) is 0 Å². The van der Waals surface area contributed by atoms with Crippen LogP contribution in [0.3, 0.4) is 0 Å². The third-order valence-electron chi connectivity index (χ3n) is 2.98. The lowest BCUT2D eigenvalue weighted by Gasteiger charge is -1.99. The third kappa shape index (κ3) is 1.46. The monoisotopic (exact) mass is 260 g/mol. The van der Waals surface area contributed by atoms with Gasteiger partial charge in [0.2, 0.25) is 0 Å². The van der Waals surface area contributed by atoms with Crippen LogP contribution in [-0.2, 0) is 9.59 Å². The van der Waals surface area contributed by atoms with Crippen molar-refractivity contribution in [2.45, 2.75) is 6.92 Å². The Hall–Kier alpha value is -2.07. The Labute approximate surface area is 108 Å². The number of hydrogen-bond acceptors (Lipinski definition) is 2. The number of fused-ring (bicyclic) bond motifs is 1. The zero-order valence-corrected chi connectivity index (χ0v) is 10.3. The van der Waals surface area contributed by atoms with Gasteiger partial charge < -0.3 is 4.98 Å². The molecule has 0 saturated carbocycles. The average Bonchev–Trinajstić information content (AvgIpc) is 2.81. The molecule has 0 unspecified atom stereocenters. The first-order valence-corrected chi connectivity index (χ1v) is 5.79. The number of hydrogen-bond donors (Lipinski definition) is 2. The molecular formula is C13H9ClN2O2. The van der Waals surface area contributed by atoms with Gasteiger partial charge in [-0.05, 0) is 18.6 Å². The standard InChI is InChI=1S/C13H9ClN2O2/c1-6-2-3-7-8(5-15-9(7)4-6)10-11(14)13(18)16-12(10)17/h2-5,15H,1H3,(H,16,17,18). The zero-order valence-electron chi connectivity index (χ0n) is 9.50. The van der Waals surface area contributed by atoms with Crippen molar-refractivity contribution in [3.8, 4) is 0 Å². The highest BCUT2D eigenvalue weighted by atomic mass is 35.5. The highest BCUT2D eigenvalue weighted by Crippen LogP contribution is 2.31. The van der Waals surface area contributed by atoms with Gasteiger partial charge in [-0.1, -0.05) is 23.7 Å². The molecular weight excluding hydrogens is 252 g/mol. The lowest BCUT2D eigenvalue weighted by atomic mass is 10.0. The second-order valence-electron chi connectivity index (χ2n) is 4.22. The van der Waals surface area contributed by atoms with Crippen LogP contribution < -0.4 is 5.32 Å². The van der Waals surface area contributed by atoms with E-state index in [1.165, 1.54) is 0 Å². The van der Waals surface area contributed by atoms with E-state index in [0.29, 0.717) is 5.56 Å². The summed E-state index contributed by atoms with van der Waals surface area (Å²) in [6.07, 6.45) is 1.69. The number of halogens is 1. The molecule has 0 radical (unpaired) electrons. The Morgan fingerprint density at radius 1 is 1.17 bits per heavy atom. The predicted octanol–water partition coefficient (Wildman–Crippen LogP) is 2.08. The van der Waals surface area contributed by atoms with Crippen LogP contribution in [0.5, 0.6) is 0 Å². The molecule has 1 aliphatic rings. The van der Waals surface area contributed by atoms with E-state index >= 15 is 0 Å².